The fourth-order valence-corrected chi connectivity index (χ4v) is 6.05. The topological polar surface area (TPSA) is 148 Å². The number of hydrogen-bond acceptors (Lipinski definition) is 7. The van der Waals surface area contributed by atoms with Gasteiger partial charge in [-0.25, -0.2) is 8.78 Å². The number of aromatic nitrogens is 2. The van der Waals surface area contributed by atoms with Gasteiger partial charge in [0, 0.05) is 34.1 Å². The van der Waals surface area contributed by atoms with Gasteiger partial charge in [-0.15, -0.1) is 0 Å². The van der Waals surface area contributed by atoms with Gasteiger partial charge in [0.15, 0.2) is 6.23 Å². The zero-order valence-electron chi connectivity index (χ0n) is 20.2. The van der Waals surface area contributed by atoms with Gasteiger partial charge < -0.3 is 34.7 Å². The number of aliphatic hydroxyl groups excluding tert-OH is 4. The van der Waals surface area contributed by atoms with Crippen LogP contribution in [0.5, 0.6) is 0 Å². The van der Waals surface area contributed by atoms with Crippen LogP contribution in [0.3, 0.4) is 0 Å². The van der Waals surface area contributed by atoms with Gasteiger partial charge in [0.1, 0.15) is 36.1 Å². The van der Waals surface area contributed by atoms with Gasteiger partial charge in [0.2, 0.25) is 0 Å². The Balaban J connectivity index is 1.72. The first kappa shape index (κ1) is 24.1. The predicted octanol–water partition coefficient (Wildman–Crippen LogP) is 1.91. The van der Waals surface area contributed by atoms with Crippen molar-refractivity contribution in [2.45, 2.75) is 30.6 Å². The SMILES string of the molecule is CN1C(=O)c2c(c3c4ccc(F)cc4n(C4OC(CO)C(O)C(O)C4O)c3c3[nH]c4cc(F)ccc4c23)C1=O. The molecule has 0 aliphatic carbocycles. The Morgan fingerprint density at radius 2 is 1.54 bits per heavy atom. The maximum absolute atomic E-state index is 14.7. The Labute approximate surface area is 217 Å². The van der Waals surface area contributed by atoms with Crippen molar-refractivity contribution in [3.8, 4) is 0 Å². The highest BCUT2D eigenvalue weighted by molar-refractivity contribution is 6.39. The largest absolute Gasteiger partial charge is 0.394 e. The van der Waals surface area contributed by atoms with Crippen LogP contribution in [0.1, 0.15) is 26.9 Å². The van der Waals surface area contributed by atoms with Crippen LogP contribution in [0.25, 0.3) is 43.6 Å². The van der Waals surface area contributed by atoms with E-state index in [9.17, 15) is 38.8 Å². The van der Waals surface area contributed by atoms with E-state index in [1.165, 1.54) is 41.9 Å². The minimum Gasteiger partial charge on any atom is -0.394 e. The van der Waals surface area contributed by atoms with E-state index in [4.69, 9.17) is 4.74 Å². The molecule has 2 aliphatic heterocycles. The molecule has 39 heavy (non-hydrogen) atoms. The molecule has 5 aromatic rings. The third-order valence-electron chi connectivity index (χ3n) is 7.87. The lowest BCUT2D eigenvalue weighted by Gasteiger charge is -2.41. The molecule has 3 aromatic carbocycles. The average molecular weight is 537 g/mol. The monoisotopic (exact) mass is 537 g/mol. The van der Waals surface area contributed by atoms with Crippen LogP contribution in [0.4, 0.5) is 8.78 Å². The Morgan fingerprint density at radius 1 is 0.897 bits per heavy atom. The first-order valence-corrected chi connectivity index (χ1v) is 12.2. The summed E-state index contributed by atoms with van der Waals surface area (Å²) >= 11 is 0. The second-order valence-corrected chi connectivity index (χ2v) is 9.96. The molecule has 0 bridgehead atoms. The number of hydrogen-bond donors (Lipinski definition) is 5. The summed E-state index contributed by atoms with van der Waals surface area (Å²) in [5, 5.41) is 43.1. The van der Waals surface area contributed by atoms with Crippen LogP contribution < -0.4 is 0 Å². The molecule has 5 unspecified atom stereocenters. The van der Waals surface area contributed by atoms with Crippen LogP contribution in [0.2, 0.25) is 0 Å². The van der Waals surface area contributed by atoms with Crippen molar-refractivity contribution in [1.82, 2.24) is 14.5 Å². The Morgan fingerprint density at radius 3 is 2.23 bits per heavy atom. The molecular weight excluding hydrogens is 516 g/mol. The summed E-state index contributed by atoms with van der Waals surface area (Å²) in [5.41, 5.74) is 1.14. The Kier molecular flexibility index (Phi) is 4.97. The molecule has 12 heteroatoms. The van der Waals surface area contributed by atoms with Gasteiger partial charge in [0.05, 0.1) is 34.3 Å². The van der Waals surface area contributed by atoms with Crippen LogP contribution in [0.15, 0.2) is 36.4 Å². The molecule has 2 aliphatic rings. The van der Waals surface area contributed by atoms with Crippen molar-refractivity contribution in [1.29, 1.82) is 0 Å². The molecule has 200 valence electrons. The molecule has 7 rings (SSSR count). The lowest BCUT2D eigenvalue weighted by Crippen LogP contribution is -2.56. The summed E-state index contributed by atoms with van der Waals surface area (Å²) in [6.07, 6.45) is -7.85. The van der Waals surface area contributed by atoms with Crippen molar-refractivity contribution in [3.05, 3.63) is 59.2 Å². The number of H-pyrrole nitrogens is 1. The van der Waals surface area contributed by atoms with Gasteiger partial charge in [-0.05, 0) is 36.4 Å². The predicted molar refractivity (Wildman–Crippen MR) is 134 cm³/mol. The van der Waals surface area contributed by atoms with E-state index in [0.717, 1.165) is 11.0 Å². The van der Waals surface area contributed by atoms with Crippen LogP contribution in [0, 0.1) is 11.6 Å². The van der Waals surface area contributed by atoms with Gasteiger partial charge in [-0.1, -0.05) is 0 Å². The van der Waals surface area contributed by atoms with Gasteiger partial charge in [0.25, 0.3) is 11.8 Å². The van der Waals surface area contributed by atoms with Crippen molar-refractivity contribution in [2.24, 2.45) is 0 Å². The number of carbonyl (C=O) groups excluding carboxylic acids is 2. The second-order valence-electron chi connectivity index (χ2n) is 9.96. The van der Waals surface area contributed by atoms with E-state index >= 15 is 0 Å². The number of fused-ring (bicyclic) bond motifs is 10. The third kappa shape index (κ3) is 3.00. The second kappa shape index (κ2) is 8.04. The van der Waals surface area contributed by atoms with E-state index in [2.05, 4.69) is 4.98 Å². The van der Waals surface area contributed by atoms with Crippen molar-refractivity contribution >= 4 is 55.4 Å². The zero-order chi connectivity index (χ0) is 27.5. The van der Waals surface area contributed by atoms with E-state index < -0.39 is 60.7 Å². The van der Waals surface area contributed by atoms with Crippen molar-refractivity contribution < 1.29 is 43.5 Å². The molecule has 5 atom stereocenters. The molecule has 0 saturated carbocycles. The lowest BCUT2D eigenvalue weighted by atomic mass is 9.96. The number of benzene rings is 3. The first-order valence-electron chi connectivity index (χ1n) is 12.2. The molecule has 5 N–H and O–H groups in total. The maximum Gasteiger partial charge on any atom is 0.262 e. The number of imide groups is 1. The molecule has 0 spiro atoms. The number of nitrogens with zero attached hydrogens (tertiary/aromatic N) is 2. The Bertz CT molecular complexity index is 1900. The van der Waals surface area contributed by atoms with E-state index in [1.54, 1.807) is 0 Å². The van der Waals surface area contributed by atoms with E-state index in [0.29, 0.717) is 21.7 Å². The van der Waals surface area contributed by atoms with Gasteiger partial charge in [-0.2, -0.15) is 0 Å². The Hall–Kier alpha value is -3.94. The number of nitrogens with one attached hydrogen (secondary N) is 1. The molecule has 1 fully saturated rings. The number of ether oxygens (including phenoxy) is 1. The molecule has 2 aromatic heterocycles. The summed E-state index contributed by atoms with van der Waals surface area (Å²) in [7, 11) is 1.34. The molecule has 0 radical (unpaired) electrons. The molecule has 4 heterocycles. The summed E-state index contributed by atoms with van der Waals surface area (Å²) in [5.74, 6) is -2.36. The normalized spacial score (nSPS) is 25.6. The highest BCUT2D eigenvalue weighted by Gasteiger charge is 2.46. The highest BCUT2D eigenvalue weighted by atomic mass is 19.1. The highest BCUT2D eigenvalue weighted by Crippen LogP contribution is 2.47. The quantitative estimate of drug-likeness (QED) is 0.216. The van der Waals surface area contributed by atoms with Gasteiger partial charge >= 0.3 is 0 Å². The van der Waals surface area contributed by atoms with E-state index in [-0.39, 0.29) is 33.1 Å². The fraction of sp³-hybridized carbons (Fsp3) is 0.259. The number of aliphatic hydroxyl groups is 4. The number of rotatable bonds is 2. The van der Waals surface area contributed by atoms with Crippen LogP contribution >= 0.6 is 0 Å². The molecule has 2 amide bonds. The number of halogens is 2. The van der Waals surface area contributed by atoms with Crippen LogP contribution in [-0.4, -0.2) is 84.8 Å². The van der Waals surface area contributed by atoms with Crippen LogP contribution in [-0.2, 0) is 4.74 Å². The van der Waals surface area contributed by atoms with E-state index in [1.807, 2.05) is 0 Å². The number of aromatic amines is 1. The molecular formula is C27H21F2N3O7. The van der Waals surface area contributed by atoms with Crippen molar-refractivity contribution in [3.63, 3.8) is 0 Å². The minimum absolute atomic E-state index is 0.0511. The van der Waals surface area contributed by atoms with Crippen molar-refractivity contribution in [2.75, 3.05) is 13.7 Å². The maximum atomic E-state index is 14.7. The summed E-state index contributed by atoms with van der Waals surface area (Å²) in [6.45, 7) is -0.693. The third-order valence-corrected chi connectivity index (χ3v) is 7.87. The minimum atomic E-state index is -1.74. The zero-order valence-corrected chi connectivity index (χ0v) is 20.2. The summed E-state index contributed by atoms with van der Waals surface area (Å²) < 4.78 is 36.1. The fourth-order valence-electron chi connectivity index (χ4n) is 6.05. The lowest BCUT2D eigenvalue weighted by molar-refractivity contribution is -0.249. The number of amides is 2. The smallest absolute Gasteiger partial charge is 0.262 e. The summed E-state index contributed by atoms with van der Waals surface area (Å²) in [6, 6.07) is 7.70. The molecule has 1 saturated heterocycles. The number of carbonyl (C=O) groups is 2. The molecule has 10 nitrogen and oxygen atoms in total. The first-order chi connectivity index (χ1) is 18.6. The summed E-state index contributed by atoms with van der Waals surface area (Å²) in [4.78, 5) is 31.0. The average Bonchev–Trinajstić information content (AvgIpc) is 3.51. The van der Waals surface area contributed by atoms with Gasteiger partial charge in [-0.3, -0.25) is 14.5 Å². The standard InChI is InChI=1S/C27H21F2N3O7/c1-31-25(37)18-16-11-4-2-9(28)6-13(11)30-20(16)21-17(19(18)26(31)38)12-5-3-10(29)7-14(12)32(21)27-24(36)23(35)22(34)15(8-33)39-27/h2-7,15,22-24,27,30,33-36H,8H2,1H3.